The fourth-order valence-corrected chi connectivity index (χ4v) is 1.03. The molecule has 4 radical (unpaired) electrons. The zero-order chi connectivity index (χ0) is 13.6. The molecule has 100 valence electrons. The summed E-state index contributed by atoms with van der Waals surface area (Å²) in [5.41, 5.74) is 0. The van der Waals surface area contributed by atoms with Crippen molar-refractivity contribution in [1.82, 2.24) is 5.32 Å². The predicted molar refractivity (Wildman–Crippen MR) is 73.5 cm³/mol. The molecule has 0 aliphatic heterocycles. The van der Waals surface area contributed by atoms with Crippen LogP contribution in [0.2, 0.25) is 0 Å². The molecule has 13 heteroatoms. The summed E-state index contributed by atoms with van der Waals surface area (Å²) in [6.45, 7) is 0. The molecule has 0 aliphatic rings. The van der Waals surface area contributed by atoms with E-state index in [0.717, 1.165) is 0 Å². The maximum absolute atomic E-state index is 10.6. The summed E-state index contributed by atoms with van der Waals surface area (Å²) in [4.78, 5) is 41.9. The Morgan fingerprint density at radius 2 is 0.905 bits per heavy atom. The first-order chi connectivity index (χ1) is 7.73. The summed E-state index contributed by atoms with van der Waals surface area (Å²) in [5.74, 6) is -6.01. The maximum Gasteiger partial charge on any atom is 0.321 e. The molecule has 0 aromatic heterocycles. The van der Waals surface area contributed by atoms with E-state index in [-0.39, 0.29) is 118 Å². The number of hydrogen-bond donors (Lipinski definition) is 5. The fourth-order valence-electron chi connectivity index (χ4n) is 1.03. The summed E-state index contributed by atoms with van der Waals surface area (Å²) in [7, 11) is 0. The molecule has 2 atom stereocenters. The molecule has 0 fully saturated rings. The van der Waals surface area contributed by atoms with Crippen molar-refractivity contribution in [3.63, 3.8) is 0 Å². The van der Waals surface area contributed by atoms with Gasteiger partial charge in [-0.25, -0.2) is 0 Å². The van der Waals surface area contributed by atoms with Gasteiger partial charge in [-0.2, -0.15) is 0 Å². The van der Waals surface area contributed by atoms with Crippen molar-refractivity contribution < 1.29 is 39.6 Å². The van der Waals surface area contributed by atoms with Crippen molar-refractivity contribution in [2.75, 3.05) is 0 Å². The van der Waals surface area contributed by atoms with Crippen molar-refractivity contribution >= 4 is 142 Å². The van der Waals surface area contributed by atoms with Crippen LogP contribution in [0.1, 0.15) is 12.8 Å². The van der Waals surface area contributed by atoms with Gasteiger partial charge in [0.1, 0.15) is 12.1 Å². The van der Waals surface area contributed by atoms with Crippen LogP contribution in [0.15, 0.2) is 0 Å². The van der Waals surface area contributed by atoms with Gasteiger partial charge >= 0.3 is 23.9 Å². The van der Waals surface area contributed by atoms with E-state index in [1.165, 1.54) is 0 Å². The molecule has 0 aromatic rings. The summed E-state index contributed by atoms with van der Waals surface area (Å²) in [6.07, 6.45) is -1.70. The number of carboxylic acid groups (broad SMARTS) is 4. The number of hydrogen-bond acceptors (Lipinski definition) is 5. The Labute approximate surface area is 208 Å². The number of rotatable bonds is 8. The van der Waals surface area contributed by atoms with Crippen LogP contribution in [0, 0.1) is 0 Å². The molecule has 9 nitrogen and oxygen atoms in total. The minimum absolute atomic E-state index is 0. The number of nitrogens with one attached hydrogen (secondary N) is 1. The molecule has 0 heterocycles. The maximum atomic E-state index is 10.6. The van der Waals surface area contributed by atoms with Gasteiger partial charge in [-0.15, -0.1) is 0 Å². The second-order valence-corrected chi connectivity index (χ2v) is 3.14. The number of carbonyl (C=O) groups is 4. The Morgan fingerprint density at radius 3 is 1.05 bits per heavy atom. The van der Waals surface area contributed by atoms with Crippen LogP contribution in [-0.4, -0.2) is 175 Å². The average molecular weight is 341 g/mol. The van der Waals surface area contributed by atoms with Crippen LogP contribution in [-0.2, 0) is 19.2 Å². The zero-order valence-corrected chi connectivity index (χ0v) is 20.5. The molecule has 0 spiro atoms. The molecule has 0 saturated heterocycles. The molecule has 0 bridgehead atoms. The molecular weight excluding hydrogens is 330 g/mol. The summed E-state index contributed by atoms with van der Waals surface area (Å²) >= 11 is 0. The van der Waals surface area contributed by atoms with Crippen LogP contribution in [0.25, 0.3) is 0 Å². The van der Waals surface area contributed by atoms with E-state index in [1.807, 2.05) is 5.32 Å². The van der Waals surface area contributed by atoms with Gasteiger partial charge in [-0.3, -0.25) is 24.5 Å². The van der Waals surface area contributed by atoms with Crippen molar-refractivity contribution in [1.29, 1.82) is 0 Å². The van der Waals surface area contributed by atoms with Gasteiger partial charge in [0.2, 0.25) is 0 Å². The molecule has 0 saturated carbocycles. The van der Waals surface area contributed by atoms with Crippen molar-refractivity contribution in [2.24, 2.45) is 0 Å². The van der Waals surface area contributed by atoms with Crippen LogP contribution in [0.4, 0.5) is 0 Å². The van der Waals surface area contributed by atoms with E-state index >= 15 is 0 Å². The van der Waals surface area contributed by atoms with Gasteiger partial charge in [0, 0.05) is 118 Å². The van der Waals surface area contributed by atoms with Gasteiger partial charge in [0.15, 0.2) is 0 Å². The predicted octanol–water partition coefficient (Wildman–Crippen LogP) is -3.09. The Balaban J connectivity index is -0.000000213. The summed E-state index contributed by atoms with van der Waals surface area (Å²) in [6, 6.07) is -3.32. The topological polar surface area (TPSA) is 161 Å². The third-order valence-electron chi connectivity index (χ3n) is 1.76. The molecule has 0 rings (SSSR count). The first-order valence-corrected chi connectivity index (χ1v) is 4.39. The van der Waals surface area contributed by atoms with E-state index in [1.54, 1.807) is 0 Å². The third kappa shape index (κ3) is 18.0. The van der Waals surface area contributed by atoms with E-state index in [2.05, 4.69) is 0 Å². The smallest absolute Gasteiger partial charge is 0.321 e. The minimum Gasteiger partial charge on any atom is -0.481 e. The van der Waals surface area contributed by atoms with E-state index in [4.69, 9.17) is 20.4 Å². The molecule has 0 amide bonds. The minimum atomic E-state index is -1.66. The van der Waals surface area contributed by atoms with Crippen molar-refractivity contribution in [3.05, 3.63) is 0 Å². The fraction of sp³-hybridized carbons (Fsp3) is 0.500. The molecule has 5 N–H and O–H groups in total. The largest absolute Gasteiger partial charge is 0.481 e. The molecule has 0 aliphatic carbocycles. The third-order valence-corrected chi connectivity index (χ3v) is 1.76. The van der Waals surface area contributed by atoms with Crippen molar-refractivity contribution in [2.45, 2.75) is 24.9 Å². The van der Waals surface area contributed by atoms with Gasteiger partial charge in [-0.05, 0) is 0 Å². The van der Waals surface area contributed by atoms with E-state index in [0.29, 0.717) is 0 Å². The second kappa shape index (κ2) is 18.2. The first-order valence-electron chi connectivity index (χ1n) is 4.39. The Bertz CT molecular complexity index is 321. The summed E-state index contributed by atoms with van der Waals surface area (Å²) < 4.78 is 0. The van der Waals surface area contributed by atoms with Crippen LogP contribution < -0.4 is 5.32 Å². The molecule has 1 unspecified atom stereocenters. The first kappa shape index (κ1) is 34.2. The van der Waals surface area contributed by atoms with Gasteiger partial charge in [0.05, 0.1) is 12.8 Å². The quantitative estimate of drug-likeness (QED) is 0.288. The standard InChI is InChI=1S/C8H11NO8.4Na/c10-5(11)1-3(7(14)15)9-4(8(16)17)2-6(12)13;;;;/h3-4,9H,1-2H2,(H,10,11)(H,12,13)(H,14,15)(H,16,17);;;;/t3-,4?;;;;/m0..../s1. The van der Waals surface area contributed by atoms with Gasteiger partial charge in [0.25, 0.3) is 0 Å². The average Bonchev–Trinajstić information content (AvgIpc) is 2.13. The number of carboxylic acids is 4. The molecule has 0 aromatic carbocycles. The van der Waals surface area contributed by atoms with Crippen molar-refractivity contribution in [3.8, 4) is 0 Å². The zero-order valence-electron chi connectivity index (χ0n) is 12.5. The monoisotopic (exact) mass is 341 g/mol. The Hall–Kier alpha value is 1.84. The SMILES string of the molecule is O=C(O)CC(N[C@@H](CC(=O)O)C(=O)O)C(=O)O.[Na].[Na].[Na].[Na]. The van der Waals surface area contributed by atoms with E-state index < -0.39 is 48.8 Å². The van der Waals surface area contributed by atoms with Gasteiger partial charge in [-0.1, -0.05) is 0 Å². The molecule has 21 heavy (non-hydrogen) atoms. The normalized spacial score (nSPS) is 11.0. The second-order valence-electron chi connectivity index (χ2n) is 3.14. The van der Waals surface area contributed by atoms with Crippen LogP contribution in [0.5, 0.6) is 0 Å². The van der Waals surface area contributed by atoms with Gasteiger partial charge < -0.3 is 20.4 Å². The van der Waals surface area contributed by atoms with E-state index in [9.17, 15) is 19.2 Å². The van der Waals surface area contributed by atoms with Crippen LogP contribution in [0.3, 0.4) is 0 Å². The Morgan fingerprint density at radius 1 is 0.667 bits per heavy atom. The van der Waals surface area contributed by atoms with Crippen LogP contribution >= 0.6 is 0 Å². The number of aliphatic carboxylic acids is 4. The summed E-state index contributed by atoms with van der Waals surface area (Å²) in [5, 5.41) is 36.0. The molecular formula is C8H11NNa4O8. The Kier molecular flexibility index (Phi) is 29.6.